The number of methoxy groups -OCH3 is 2. The Morgan fingerprint density at radius 3 is 2.46 bits per heavy atom. The molecule has 2 N–H and O–H groups in total. The largest absolute Gasteiger partial charge is 0.493 e. The predicted octanol–water partition coefficient (Wildman–Crippen LogP) is 4.36. The average molecular weight is 489 g/mol. The highest BCUT2D eigenvalue weighted by Gasteiger charge is 2.55. The van der Waals surface area contributed by atoms with E-state index < -0.39 is 29.2 Å². The lowest BCUT2D eigenvalue weighted by Gasteiger charge is -2.39. The van der Waals surface area contributed by atoms with Crippen molar-refractivity contribution in [3.05, 3.63) is 59.4 Å². The fraction of sp³-hybridized carbons (Fsp3) is 0.462. The summed E-state index contributed by atoms with van der Waals surface area (Å²) < 4.78 is 36.2. The van der Waals surface area contributed by atoms with Crippen LogP contribution in [0.5, 0.6) is 11.5 Å². The molecule has 2 atom stereocenters. The highest BCUT2D eigenvalue weighted by molar-refractivity contribution is 5.90. The van der Waals surface area contributed by atoms with Crippen molar-refractivity contribution in [2.75, 3.05) is 20.8 Å². The number of hydrogen-bond acceptors (Lipinski definition) is 6. The van der Waals surface area contributed by atoms with Crippen LogP contribution in [-0.2, 0) is 20.9 Å². The third kappa shape index (κ3) is 5.67. The third-order valence-electron chi connectivity index (χ3n) is 5.95. The maximum atomic E-state index is 14.0. The van der Waals surface area contributed by atoms with Crippen LogP contribution < -0.4 is 15.2 Å². The lowest BCUT2D eigenvalue weighted by Crippen LogP contribution is -2.60. The number of rotatable bonds is 8. The third-order valence-corrected chi connectivity index (χ3v) is 5.95. The van der Waals surface area contributed by atoms with E-state index in [9.17, 15) is 14.0 Å². The molecule has 35 heavy (non-hydrogen) atoms. The second kappa shape index (κ2) is 10.5. The van der Waals surface area contributed by atoms with Crippen LogP contribution in [0.1, 0.15) is 50.8 Å². The van der Waals surface area contributed by atoms with Gasteiger partial charge in [0.15, 0.2) is 11.5 Å². The Balaban J connectivity index is 1.94. The monoisotopic (exact) mass is 488 g/mol. The first-order chi connectivity index (χ1) is 16.5. The zero-order valence-corrected chi connectivity index (χ0v) is 20.8. The number of amides is 2. The van der Waals surface area contributed by atoms with Gasteiger partial charge < -0.3 is 24.7 Å². The molecule has 1 aliphatic rings. The van der Waals surface area contributed by atoms with Gasteiger partial charge in [-0.15, -0.1) is 0 Å². The van der Waals surface area contributed by atoms with Crippen LogP contribution in [0.15, 0.2) is 42.5 Å². The van der Waals surface area contributed by atoms with Crippen LogP contribution in [0.2, 0.25) is 0 Å². The molecule has 8 nitrogen and oxygen atoms in total. The van der Waals surface area contributed by atoms with Gasteiger partial charge in [0.05, 0.1) is 19.8 Å². The van der Waals surface area contributed by atoms with Crippen LogP contribution in [0.25, 0.3) is 0 Å². The van der Waals surface area contributed by atoms with Crippen molar-refractivity contribution < 1.29 is 32.9 Å². The fourth-order valence-electron chi connectivity index (χ4n) is 4.33. The van der Waals surface area contributed by atoms with E-state index in [2.05, 4.69) is 0 Å². The Labute approximate surface area is 205 Å². The van der Waals surface area contributed by atoms with Crippen LogP contribution in [-0.4, -0.2) is 48.9 Å². The number of likely N-dealkylation sites (tertiary alicyclic amines) is 1. The van der Waals surface area contributed by atoms with Crippen molar-refractivity contribution in [1.82, 2.24) is 4.90 Å². The summed E-state index contributed by atoms with van der Waals surface area (Å²) in [6.07, 6.45) is 0.118. The van der Waals surface area contributed by atoms with Crippen molar-refractivity contribution in [2.45, 2.75) is 57.4 Å². The molecule has 0 aliphatic carbocycles. The van der Waals surface area contributed by atoms with Gasteiger partial charge in [0.2, 0.25) is 5.91 Å². The van der Waals surface area contributed by atoms with Gasteiger partial charge >= 0.3 is 6.09 Å². The molecule has 0 spiro atoms. The molecule has 9 heteroatoms. The standard InChI is InChI=1S/C26H33FN2O6/c1-25(2,3)35-24(31)29-20(12-13-26(29,16-32-4)23(28)30)17-10-11-21(22(14-17)33-5)34-15-18-8-6-7-9-19(18)27/h6-11,14,20H,12-13,15-16H2,1-5H3,(H2,28,30)/t20-,26-/m1/s1. The van der Waals surface area contributed by atoms with Gasteiger partial charge in [-0.25, -0.2) is 9.18 Å². The summed E-state index contributed by atoms with van der Waals surface area (Å²) in [4.78, 5) is 27.3. The molecular weight excluding hydrogens is 455 g/mol. The number of halogens is 1. The first-order valence-corrected chi connectivity index (χ1v) is 11.4. The summed E-state index contributed by atoms with van der Waals surface area (Å²) in [5.41, 5.74) is 4.79. The second-order valence-corrected chi connectivity index (χ2v) is 9.52. The van der Waals surface area contributed by atoms with Crippen molar-refractivity contribution in [1.29, 1.82) is 0 Å². The molecule has 0 unspecified atom stereocenters. The summed E-state index contributed by atoms with van der Waals surface area (Å²) in [7, 11) is 2.95. The van der Waals surface area contributed by atoms with E-state index in [4.69, 9.17) is 24.7 Å². The van der Waals surface area contributed by atoms with Gasteiger partial charge in [-0.2, -0.15) is 0 Å². The molecule has 190 valence electrons. The number of hydrogen-bond donors (Lipinski definition) is 1. The zero-order chi connectivity index (χ0) is 25.8. The molecule has 0 bridgehead atoms. The predicted molar refractivity (Wildman–Crippen MR) is 128 cm³/mol. The summed E-state index contributed by atoms with van der Waals surface area (Å²) in [5, 5.41) is 0. The molecule has 2 aromatic rings. The first kappa shape index (κ1) is 26.3. The van der Waals surface area contributed by atoms with Crippen LogP contribution in [0.4, 0.5) is 9.18 Å². The molecule has 2 aromatic carbocycles. The van der Waals surface area contributed by atoms with E-state index in [0.29, 0.717) is 35.5 Å². The highest BCUT2D eigenvalue weighted by atomic mass is 19.1. The lowest BCUT2D eigenvalue weighted by molar-refractivity contribution is -0.132. The molecule has 1 heterocycles. The molecule has 1 saturated heterocycles. The van der Waals surface area contributed by atoms with Crippen LogP contribution >= 0.6 is 0 Å². The van der Waals surface area contributed by atoms with E-state index in [1.165, 1.54) is 25.2 Å². The highest BCUT2D eigenvalue weighted by Crippen LogP contribution is 2.45. The maximum Gasteiger partial charge on any atom is 0.411 e. The topological polar surface area (TPSA) is 100 Å². The quantitative estimate of drug-likeness (QED) is 0.593. The first-order valence-electron chi connectivity index (χ1n) is 11.4. The molecule has 3 rings (SSSR count). The maximum absolute atomic E-state index is 14.0. The van der Waals surface area contributed by atoms with Crippen LogP contribution in [0.3, 0.4) is 0 Å². The minimum absolute atomic E-state index is 0.0223. The molecule has 1 aliphatic heterocycles. The SMILES string of the molecule is COC[C@@]1(C(N)=O)CC[C@H](c2ccc(OCc3ccccc3F)c(OC)c2)N1C(=O)OC(C)(C)C. The number of benzene rings is 2. The Hall–Kier alpha value is -3.33. The average Bonchev–Trinajstić information content (AvgIpc) is 3.18. The smallest absolute Gasteiger partial charge is 0.411 e. The minimum Gasteiger partial charge on any atom is -0.493 e. The van der Waals surface area contributed by atoms with Gasteiger partial charge in [-0.1, -0.05) is 24.3 Å². The van der Waals surface area contributed by atoms with E-state index in [1.54, 1.807) is 57.2 Å². The summed E-state index contributed by atoms with van der Waals surface area (Å²) in [6, 6.07) is 11.1. The van der Waals surface area contributed by atoms with Crippen molar-refractivity contribution in [3.63, 3.8) is 0 Å². The molecule has 0 saturated carbocycles. The van der Waals surface area contributed by atoms with Crippen molar-refractivity contribution in [2.24, 2.45) is 5.73 Å². The minimum atomic E-state index is -1.35. The van der Waals surface area contributed by atoms with Crippen LogP contribution in [0, 0.1) is 5.82 Å². The van der Waals surface area contributed by atoms with Crippen molar-refractivity contribution >= 4 is 12.0 Å². The van der Waals surface area contributed by atoms with Crippen molar-refractivity contribution in [3.8, 4) is 11.5 Å². The number of nitrogens with zero attached hydrogens (tertiary/aromatic N) is 1. The lowest BCUT2D eigenvalue weighted by atomic mass is 9.96. The Kier molecular flexibility index (Phi) is 7.90. The Morgan fingerprint density at radius 2 is 1.86 bits per heavy atom. The molecule has 0 radical (unpaired) electrons. The number of nitrogens with two attached hydrogens (primary N) is 1. The fourth-order valence-corrected chi connectivity index (χ4v) is 4.33. The number of carbonyl (C=O) groups is 2. The van der Waals surface area contributed by atoms with E-state index >= 15 is 0 Å². The second-order valence-electron chi connectivity index (χ2n) is 9.52. The van der Waals surface area contributed by atoms with Gasteiger partial charge in [-0.05, 0) is 57.4 Å². The van der Waals surface area contributed by atoms with E-state index in [-0.39, 0.29) is 19.0 Å². The molecule has 1 fully saturated rings. The number of primary amides is 1. The molecule has 2 amide bonds. The van der Waals surface area contributed by atoms with Gasteiger partial charge in [0.1, 0.15) is 23.6 Å². The number of carbonyl (C=O) groups excluding carboxylic acids is 2. The molecule has 0 aromatic heterocycles. The molecular formula is C26H33FN2O6. The summed E-state index contributed by atoms with van der Waals surface area (Å²) >= 11 is 0. The summed E-state index contributed by atoms with van der Waals surface area (Å²) in [6.45, 7) is 5.22. The van der Waals surface area contributed by atoms with Gasteiger partial charge in [0.25, 0.3) is 0 Å². The Morgan fingerprint density at radius 1 is 1.14 bits per heavy atom. The van der Waals surface area contributed by atoms with Gasteiger partial charge in [-0.3, -0.25) is 9.69 Å². The van der Waals surface area contributed by atoms with E-state index in [1.807, 2.05) is 0 Å². The normalized spacial score (nSPS) is 19.9. The summed E-state index contributed by atoms with van der Waals surface area (Å²) in [5.74, 6) is -0.196. The Bertz CT molecular complexity index is 1070. The number of ether oxygens (including phenoxy) is 4. The van der Waals surface area contributed by atoms with E-state index in [0.717, 1.165) is 0 Å². The van der Waals surface area contributed by atoms with Gasteiger partial charge in [0, 0.05) is 12.7 Å². The zero-order valence-electron chi connectivity index (χ0n) is 20.8.